The molecule has 154 valence electrons. The third-order valence-corrected chi connectivity index (χ3v) is 8.45. The summed E-state index contributed by atoms with van der Waals surface area (Å²) >= 11 is 0. The summed E-state index contributed by atoms with van der Waals surface area (Å²) < 4.78 is 18.6. The number of benzene rings is 1. The number of para-hydroxylation sites is 1. The number of ether oxygens (including phenoxy) is 3. The number of hydrogen-bond donors (Lipinski definition) is 0. The molecule has 0 N–H and O–H groups in total. The lowest BCUT2D eigenvalue weighted by atomic mass is 9.39. The SMILES string of the molecule is CCCN1CCC23c4cccc(OC)c4OC2C2CCC3(C1)C(COCC)C2. The van der Waals surface area contributed by atoms with Crippen LogP contribution in [0.4, 0.5) is 0 Å². The predicted molar refractivity (Wildman–Crippen MR) is 110 cm³/mol. The van der Waals surface area contributed by atoms with E-state index in [2.05, 4.69) is 36.9 Å². The number of likely N-dealkylation sites (tertiary alicyclic amines) is 1. The van der Waals surface area contributed by atoms with Crippen molar-refractivity contribution in [3.05, 3.63) is 23.8 Å². The lowest BCUT2D eigenvalue weighted by Gasteiger charge is -2.67. The Morgan fingerprint density at radius 1 is 1.25 bits per heavy atom. The van der Waals surface area contributed by atoms with Gasteiger partial charge in [0, 0.05) is 36.2 Å². The number of methoxy groups -OCH3 is 1. The molecule has 4 fully saturated rings. The number of rotatable bonds is 6. The van der Waals surface area contributed by atoms with Gasteiger partial charge in [-0.2, -0.15) is 0 Å². The first-order chi connectivity index (χ1) is 13.7. The lowest BCUT2D eigenvalue weighted by molar-refractivity contribution is -0.189. The van der Waals surface area contributed by atoms with Crippen LogP contribution in [0.3, 0.4) is 0 Å². The molecule has 1 aromatic carbocycles. The van der Waals surface area contributed by atoms with Crippen molar-refractivity contribution in [2.75, 3.05) is 40.0 Å². The van der Waals surface area contributed by atoms with E-state index in [4.69, 9.17) is 14.2 Å². The topological polar surface area (TPSA) is 30.9 Å². The zero-order valence-electron chi connectivity index (χ0n) is 17.7. The molecule has 3 saturated carbocycles. The van der Waals surface area contributed by atoms with Gasteiger partial charge >= 0.3 is 0 Å². The highest BCUT2D eigenvalue weighted by Crippen LogP contribution is 2.71. The zero-order chi connectivity index (χ0) is 19.4. The molecule has 4 nitrogen and oxygen atoms in total. The van der Waals surface area contributed by atoms with Crippen molar-refractivity contribution in [2.45, 2.75) is 57.5 Å². The van der Waals surface area contributed by atoms with Crippen molar-refractivity contribution in [1.82, 2.24) is 4.90 Å². The Labute approximate surface area is 169 Å². The number of hydrogen-bond acceptors (Lipinski definition) is 4. The van der Waals surface area contributed by atoms with E-state index in [0.717, 1.165) is 24.7 Å². The van der Waals surface area contributed by atoms with Gasteiger partial charge in [-0.25, -0.2) is 0 Å². The summed E-state index contributed by atoms with van der Waals surface area (Å²) in [7, 11) is 1.77. The van der Waals surface area contributed by atoms with E-state index in [1.54, 1.807) is 7.11 Å². The minimum absolute atomic E-state index is 0.129. The molecule has 6 rings (SSSR count). The van der Waals surface area contributed by atoms with Crippen LogP contribution in [0.2, 0.25) is 0 Å². The highest BCUT2D eigenvalue weighted by Gasteiger charge is 2.72. The second kappa shape index (κ2) is 6.91. The third-order valence-electron chi connectivity index (χ3n) is 8.45. The molecule has 5 aliphatic rings. The largest absolute Gasteiger partial charge is 0.493 e. The molecule has 2 aliphatic heterocycles. The normalized spacial score (nSPS) is 38.5. The van der Waals surface area contributed by atoms with Crippen molar-refractivity contribution in [3.8, 4) is 11.5 Å². The highest BCUT2D eigenvalue weighted by molar-refractivity contribution is 5.57. The monoisotopic (exact) mass is 385 g/mol. The summed E-state index contributed by atoms with van der Waals surface area (Å²) in [5.74, 6) is 3.21. The summed E-state index contributed by atoms with van der Waals surface area (Å²) in [6.07, 6.45) is 6.61. The van der Waals surface area contributed by atoms with Gasteiger partial charge in [-0.05, 0) is 70.0 Å². The van der Waals surface area contributed by atoms with Crippen LogP contribution < -0.4 is 9.47 Å². The molecule has 0 amide bonds. The average molecular weight is 386 g/mol. The molecule has 1 aromatic rings. The molecule has 0 radical (unpaired) electrons. The maximum absolute atomic E-state index is 6.79. The van der Waals surface area contributed by atoms with Gasteiger partial charge in [0.2, 0.25) is 0 Å². The smallest absolute Gasteiger partial charge is 0.165 e. The van der Waals surface area contributed by atoms with E-state index < -0.39 is 0 Å². The maximum Gasteiger partial charge on any atom is 0.165 e. The first kappa shape index (κ1) is 18.7. The maximum atomic E-state index is 6.79. The molecule has 1 saturated heterocycles. The van der Waals surface area contributed by atoms with E-state index in [1.807, 2.05) is 0 Å². The van der Waals surface area contributed by atoms with Crippen LogP contribution in [0.1, 0.15) is 51.5 Å². The van der Waals surface area contributed by atoms with Crippen LogP contribution in [-0.4, -0.2) is 51.0 Å². The van der Waals surface area contributed by atoms with E-state index >= 15 is 0 Å². The summed E-state index contributed by atoms with van der Waals surface area (Å²) in [5.41, 5.74) is 1.82. The Morgan fingerprint density at radius 2 is 2.14 bits per heavy atom. The van der Waals surface area contributed by atoms with Gasteiger partial charge in [-0.1, -0.05) is 19.1 Å². The van der Waals surface area contributed by atoms with E-state index in [9.17, 15) is 0 Å². The summed E-state index contributed by atoms with van der Waals surface area (Å²) in [4.78, 5) is 2.73. The molecule has 2 heterocycles. The van der Waals surface area contributed by atoms with Crippen LogP contribution in [0.5, 0.6) is 11.5 Å². The lowest BCUT2D eigenvalue weighted by Crippen LogP contribution is -2.72. The van der Waals surface area contributed by atoms with E-state index in [-0.39, 0.29) is 10.8 Å². The Morgan fingerprint density at radius 3 is 2.93 bits per heavy atom. The van der Waals surface area contributed by atoms with Crippen LogP contribution >= 0.6 is 0 Å². The van der Waals surface area contributed by atoms with Gasteiger partial charge in [-0.3, -0.25) is 0 Å². The second-order valence-corrected chi connectivity index (χ2v) is 9.42. The van der Waals surface area contributed by atoms with Gasteiger partial charge in [-0.15, -0.1) is 0 Å². The van der Waals surface area contributed by atoms with Crippen molar-refractivity contribution >= 4 is 0 Å². The van der Waals surface area contributed by atoms with Crippen LogP contribution in [0.25, 0.3) is 0 Å². The molecule has 5 atom stereocenters. The Kier molecular flexibility index (Phi) is 4.63. The van der Waals surface area contributed by atoms with Crippen LogP contribution in [-0.2, 0) is 10.2 Å². The summed E-state index contributed by atoms with van der Waals surface area (Å²) in [6.45, 7) is 9.73. The fourth-order valence-corrected chi connectivity index (χ4v) is 7.48. The first-order valence-corrected chi connectivity index (χ1v) is 11.3. The van der Waals surface area contributed by atoms with Crippen molar-refractivity contribution in [3.63, 3.8) is 0 Å². The number of fused-ring (bicyclic) bond motifs is 3. The minimum Gasteiger partial charge on any atom is -0.493 e. The van der Waals surface area contributed by atoms with Crippen molar-refractivity contribution in [1.29, 1.82) is 0 Å². The second-order valence-electron chi connectivity index (χ2n) is 9.42. The quantitative estimate of drug-likeness (QED) is 0.732. The number of nitrogens with zero attached hydrogens (tertiary/aromatic N) is 1. The Balaban J connectivity index is 1.65. The predicted octanol–water partition coefficient (Wildman–Crippen LogP) is 4.26. The van der Waals surface area contributed by atoms with Crippen molar-refractivity contribution in [2.24, 2.45) is 17.3 Å². The Bertz CT molecular complexity index is 737. The van der Waals surface area contributed by atoms with Gasteiger partial charge in [0.25, 0.3) is 0 Å². The van der Waals surface area contributed by atoms with E-state index in [0.29, 0.717) is 17.9 Å². The summed E-state index contributed by atoms with van der Waals surface area (Å²) in [5, 5.41) is 0. The fourth-order valence-electron chi connectivity index (χ4n) is 7.48. The minimum atomic E-state index is 0.129. The van der Waals surface area contributed by atoms with Gasteiger partial charge in [0.05, 0.1) is 7.11 Å². The van der Waals surface area contributed by atoms with Gasteiger partial charge in [0.15, 0.2) is 11.5 Å². The molecule has 2 bridgehead atoms. The number of piperidine rings is 1. The standard InChI is InChI=1S/C24H35NO3/c1-4-12-25-13-11-24-19-7-6-8-20(26-3)21(19)28-22(24)17-9-10-23(24,16-25)18(14-17)15-27-5-2/h6-8,17-18,22H,4-5,9-16H2,1-3H3. The molecule has 4 heteroatoms. The average Bonchev–Trinajstić information content (AvgIpc) is 3.08. The fraction of sp³-hybridized carbons (Fsp3) is 0.750. The van der Waals surface area contributed by atoms with Crippen LogP contribution in [0.15, 0.2) is 18.2 Å². The molecular formula is C24H35NO3. The van der Waals surface area contributed by atoms with Gasteiger partial charge in [0.1, 0.15) is 6.10 Å². The molecular weight excluding hydrogens is 350 g/mol. The molecule has 3 aliphatic carbocycles. The molecule has 28 heavy (non-hydrogen) atoms. The Hall–Kier alpha value is -1.26. The molecule has 5 unspecified atom stereocenters. The third kappa shape index (κ3) is 2.31. The zero-order valence-corrected chi connectivity index (χ0v) is 17.7. The van der Waals surface area contributed by atoms with E-state index in [1.165, 1.54) is 57.3 Å². The molecule has 0 aromatic heterocycles. The van der Waals surface area contributed by atoms with Gasteiger partial charge < -0.3 is 19.1 Å². The molecule has 2 spiro atoms. The summed E-state index contributed by atoms with van der Waals surface area (Å²) in [6, 6.07) is 6.57. The first-order valence-electron chi connectivity index (χ1n) is 11.3. The van der Waals surface area contributed by atoms with Crippen LogP contribution in [0, 0.1) is 17.3 Å². The van der Waals surface area contributed by atoms with Crippen molar-refractivity contribution < 1.29 is 14.2 Å². The highest BCUT2D eigenvalue weighted by atomic mass is 16.5.